The highest BCUT2D eigenvalue weighted by Crippen LogP contribution is 2.25. The van der Waals surface area contributed by atoms with E-state index in [-0.39, 0.29) is 28.8 Å². The lowest BCUT2D eigenvalue weighted by molar-refractivity contribution is -0.384. The standard InChI is InChI=1S/C13H17ClN2O4/c1-4-13(2,8-14)15-12(17)10-6-5-9(16(18)19)7-11(10)20-3/h5-7H,4,8H2,1-3H3,(H,15,17). The van der Waals surface area contributed by atoms with E-state index in [2.05, 4.69) is 5.32 Å². The predicted molar refractivity (Wildman–Crippen MR) is 76.5 cm³/mol. The van der Waals surface area contributed by atoms with Gasteiger partial charge in [-0.1, -0.05) is 6.92 Å². The summed E-state index contributed by atoms with van der Waals surface area (Å²) < 4.78 is 5.04. The molecular weight excluding hydrogens is 284 g/mol. The molecule has 1 aromatic carbocycles. The van der Waals surface area contributed by atoms with Gasteiger partial charge in [-0.25, -0.2) is 0 Å². The van der Waals surface area contributed by atoms with Gasteiger partial charge in [0.05, 0.1) is 29.2 Å². The van der Waals surface area contributed by atoms with Gasteiger partial charge in [-0.15, -0.1) is 11.6 Å². The molecule has 0 aromatic heterocycles. The highest BCUT2D eigenvalue weighted by atomic mass is 35.5. The maximum absolute atomic E-state index is 12.2. The second kappa shape index (κ2) is 6.56. The minimum absolute atomic E-state index is 0.131. The van der Waals surface area contributed by atoms with E-state index in [0.717, 1.165) is 0 Å². The zero-order valence-corrected chi connectivity index (χ0v) is 12.4. The molecule has 0 aliphatic heterocycles. The van der Waals surface area contributed by atoms with Crippen LogP contribution in [0.3, 0.4) is 0 Å². The maximum Gasteiger partial charge on any atom is 0.273 e. The smallest absolute Gasteiger partial charge is 0.273 e. The van der Waals surface area contributed by atoms with Gasteiger partial charge in [0.1, 0.15) is 5.75 Å². The van der Waals surface area contributed by atoms with Crippen molar-refractivity contribution >= 4 is 23.2 Å². The number of benzene rings is 1. The number of nitro benzene ring substituents is 1. The molecular formula is C13H17ClN2O4. The molecule has 0 aliphatic rings. The number of methoxy groups -OCH3 is 1. The Hall–Kier alpha value is -1.82. The number of non-ortho nitro benzene ring substituents is 1. The summed E-state index contributed by atoms with van der Waals surface area (Å²) in [7, 11) is 1.36. The first-order valence-electron chi connectivity index (χ1n) is 6.07. The van der Waals surface area contributed by atoms with Crippen molar-refractivity contribution in [3.05, 3.63) is 33.9 Å². The Balaban J connectivity index is 3.07. The molecule has 110 valence electrons. The van der Waals surface area contributed by atoms with Crippen LogP contribution in [0.5, 0.6) is 5.75 Å². The summed E-state index contributed by atoms with van der Waals surface area (Å²) in [6.07, 6.45) is 0.664. The van der Waals surface area contributed by atoms with Crippen LogP contribution in [0.15, 0.2) is 18.2 Å². The van der Waals surface area contributed by atoms with Gasteiger partial charge in [0.2, 0.25) is 0 Å². The fourth-order valence-electron chi connectivity index (χ4n) is 1.54. The first-order valence-corrected chi connectivity index (χ1v) is 6.61. The summed E-state index contributed by atoms with van der Waals surface area (Å²) >= 11 is 5.85. The second-order valence-corrected chi connectivity index (χ2v) is 4.91. The summed E-state index contributed by atoms with van der Waals surface area (Å²) in [4.78, 5) is 22.4. The van der Waals surface area contributed by atoms with Crippen LogP contribution in [0.4, 0.5) is 5.69 Å². The number of ether oxygens (including phenoxy) is 1. The number of hydrogen-bond donors (Lipinski definition) is 1. The van der Waals surface area contributed by atoms with E-state index < -0.39 is 10.5 Å². The minimum atomic E-state index is -0.543. The summed E-state index contributed by atoms with van der Waals surface area (Å²) in [6.45, 7) is 3.74. The highest BCUT2D eigenvalue weighted by molar-refractivity contribution is 6.18. The van der Waals surface area contributed by atoms with Crippen LogP contribution in [-0.4, -0.2) is 29.4 Å². The van der Waals surface area contributed by atoms with Gasteiger partial charge in [-0.2, -0.15) is 0 Å². The van der Waals surface area contributed by atoms with Crippen LogP contribution in [0, 0.1) is 10.1 Å². The van der Waals surface area contributed by atoms with Crippen molar-refractivity contribution in [3.63, 3.8) is 0 Å². The number of carbonyl (C=O) groups is 1. The number of nitrogens with zero attached hydrogens (tertiary/aromatic N) is 1. The van der Waals surface area contributed by atoms with Crippen LogP contribution < -0.4 is 10.1 Å². The van der Waals surface area contributed by atoms with Gasteiger partial charge in [-0.05, 0) is 19.4 Å². The summed E-state index contributed by atoms with van der Waals surface area (Å²) in [5.74, 6) is 0.0522. The summed E-state index contributed by atoms with van der Waals surface area (Å²) in [5, 5.41) is 13.5. The van der Waals surface area contributed by atoms with E-state index in [1.807, 2.05) is 13.8 Å². The lowest BCUT2D eigenvalue weighted by atomic mass is 10.0. The Morgan fingerprint density at radius 1 is 1.55 bits per heavy atom. The maximum atomic E-state index is 12.2. The normalized spacial score (nSPS) is 13.4. The van der Waals surface area contributed by atoms with Crippen LogP contribution in [0.1, 0.15) is 30.6 Å². The average Bonchev–Trinajstić information content (AvgIpc) is 2.46. The van der Waals surface area contributed by atoms with Crippen molar-refractivity contribution in [2.75, 3.05) is 13.0 Å². The number of nitro groups is 1. The van der Waals surface area contributed by atoms with Crippen LogP contribution >= 0.6 is 11.6 Å². The first kappa shape index (κ1) is 16.2. The van der Waals surface area contributed by atoms with Gasteiger partial charge in [-0.3, -0.25) is 14.9 Å². The number of hydrogen-bond acceptors (Lipinski definition) is 4. The molecule has 7 heteroatoms. The number of carbonyl (C=O) groups excluding carboxylic acids is 1. The van der Waals surface area contributed by atoms with E-state index in [1.54, 1.807) is 0 Å². The Bertz CT molecular complexity index is 515. The predicted octanol–water partition coefficient (Wildman–Crippen LogP) is 2.74. The SMILES string of the molecule is CCC(C)(CCl)NC(=O)c1ccc([N+](=O)[O-])cc1OC. The molecule has 0 bridgehead atoms. The highest BCUT2D eigenvalue weighted by Gasteiger charge is 2.26. The molecule has 0 saturated carbocycles. The Kier molecular flexibility index (Phi) is 5.33. The number of alkyl halides is 1. The van der Waals surface area contributed by atoms with Crippen molar-refractivity contribution in [1.29, 1.82) is 0 Å². The van der Waals surface area contributed by atoms with E-state index >= 15 is 0 Å². The lowest BCUT2D eigenvalue weighted by Gasteiger charge is -2.27. The van der Waals surface area contributed by atoms with Gasteiger partial charge in [0, 0.05) is 11.9 Å². The molecule has 1 N–H and O–H groups in total. The van der Waals surface area contributed by atoms with Crippen molar-refractivity contribution in [2.45, 2.75) is 25.8 Å². The topological polar surface area (TPSA) is 81.5 Å². The van der Waals surface area contributed by atoms with Gasteiger partial charge in [0.25, 0.3) is 11.6 Å². The largest absolute Gasteiger partial charge is 0.496 e. The van der Waals surface area contributed by atoms with Gasteiger partial charge >= 0.3 is 0 Å². The Labute approximate surface area is 122 Å². The van der Waals surface area contributed by atoms with Gasteiger partial charge < -0.3 is 10.1 Å². The summed E-state index contributed by atoms with van der Waals surface area (Å²) in [5.41, 5.74) is -0.428. The average molecular weight is 301 g/mol. The number of rotatable bonds is 6. The number of halogens is 1. The molecule has 6 nitrogen and oxygen atoms in total. The summed E-state index contributed by atoms with van der Waals surface area (Å²) in [6, 6.07) is 3.86. The monoisotopic (exact) mass is 300 g/mol. The third-order valence-electron chi connectivity index (χ3n) is 3.13. The molecule has 1 aromatic rings. The third-order valence-corrected chi connectivity index (χ3v) is 3.72. The second-order valence-electron chi connectivity index (χ2n) is 4.64. The van der Waals surface area contributed by atoms with E-state index in [4.69, 9.17) is 16.3 Å². The van der Waals surface area contributed by atoms with E-state index in [9.17, 15) is 14.9 Å². The molecule has 0 spiro atoms. The quantitative estimate of drug-likeness (QED) is 0.497. The zero-order chi connectivity index (χ0) is 15.3. The molecule has 20 heavy (non-hydrogen) atoms. The Morgan fingerprint density at radius 2 is 2.20 bits per heavy atom. The van der Waals surface area contributed by atoms with Crippen LogP contribution in [-0.2, 0) is 0 Å². The molecule has 1 rings (SSSR count). The minimum Gasteiger partial charge on any atom is -0.496 e. The van der Waals surface area contributed by atoms with Crippen LogP contribution in [0.25, 0.3) is 0 Å². The van der Waals surface area contributed by atoms with Crippen molar-refractivity contribution in [3.8, 4) is 5.75 Å². The van der Waals surface area contributed by atoms with Crippen LogP contribution in [0.2, 0.25) is 0 Å². The number of amides is 1. The Morgan fingerprint density at radius 3 is 2.65 bits per heavy atom. The molecule has 1 unspecified atom stereocenters. The fraction of sp³-hybridized carbons (Fsp3) is 0.462. The lowest BCUT2D eigenvalue weighted by Crippen LogP contribution is -2.47. The molecule has 0 heterocycles. The molecule has 1 amide bonds. The van der Waals surface area contributed by atoms with E-state index in [1.165, 1.54) is 25.3 Å². The van der Waals surface area contributed by atoms with Crippen molar-refractivity contribution in [2.24, 2.45) is 0 Å². The van der Waals surface area contributed by atoms with E-state index in [0.29, 0.717) is 6.42 Å². The third kappa shape index (κ3) is 3.60. The molecule has 0 saturated heterocycles. The van der Waals surface area contributed by atoms with Gasteiger partial charge in [0.15, 0.2) is 0 Å². The van der Waals surface area contributed by atoms with Crippen molar-refractivity contribution in [1.82, 2.24) is 5.32 Å². The molecule has 0 aliphatic carbocycles. The molecule has 1 atom stereocenters. The molecule has 0 radical (unpaired) electrons. The zero-order valence-electron chi connectivity index (χ0n) is 11.6. The first-order chi connectivity index (χ1) is 9.36. The fourth-order valence-corrected chi connectivity index (χ4v) is 1.79. The molecule has 0 fully saturated rings. The number of nitrogens with one attached hydrogen (secondary N) is 1. The van der Waals surface area contributed by atoms with Crippen molar-refractivity contribution < 1.29 is 14.5 Å².